The van der Waals surface area contributed by atoms with Gasteiger partial charge in [-0.3, -0.25) is 4.79 Å². The Kier molecular flexibility index (Phi) is 4.97. The van der Waals surface area contributed by atoms with E-state index in [4.69, 9.17) is 0 Å². The Morgan fingerprint density at radius 2 is 1.54 bits per heavy atom. The van der Waals surface area contributed by atoms with Crippen molar-refractivity contribution in [2.45, 2.75) is 6.54 Å². The summed E-state index contributed by atoms with van der Waals surface area (Å²) in [6.07, 6.45) is 0. The van der Waals surface area contributed by atoms with Crippen molar-refractivity contribution >= 4 is 11.7 Å². The third kappa shape index (κ3) is 3.83. The maximum atomic E-state index is 13.2. The van der Waals surface area contributed by atoms with E-state index in [1.807, 2.05) is 66.7 Å². The molecule has 138 valence electrons. The van der Waals surface area contributed by atoms with Crippen LogP contribution in [0, 0.1) is 5.82 Å². The Labute approximate surface area is 162 Å². The van der Waals surface area contributed by atoms with Crippen LogP contribution in [-0.2, 0) is 6.54 Å². The Balaban J connectivity index is 1.69. The van der Waals surface area contributed by atoms with Crippen LogP contribution in [0.1, 0.15) is 15.9 Å². The third-order valence-electron chi connectivity index (χ3n) is 4.38. The van der Waals surface area contributed by atoms with E-state index in [1.54, 1.807) is 0 Å². The molecule has 3 aromatic carbocycles. The number of anilines is 1. The van der Waals surface area contributed by atoms with Gasteiger partial charge in [0.05, 0.1) is 5.69 Å². The molecule has 0 unspecified atom stereocenters. The van der Waals surface area contributed by atoms with Crippen LogP contribution in [0.2, 0.25) is 0 Å². The molecule has 0 atom stereocenters. The first-order chi connectivity index (χ1) is 13.7. The highest BCUT2D eigenvalue weighted by molar-refractivity contribution is 5.97. The first-order valence-electron chi connectivity index (χ1n) is 8.94. The summed E-state index contributed by atoms with van der Waals surface area (Å²) in [6.45, 7) is 0.553. The van der Waals surface area contributed by atoms with Crippen LogP contribution in [0.5, 0.6) is 0 Å². The summed E-state index contributed by atoms with van der Waals surface area (Å²) in [6, 6.07) is 26.9. The largest absolute Gasteiger partial charge is 0.366 e. The van der Waals surface area contributed by atoms with Gasteiger partial charge < -0.3 is 5.32 Å². The van der Waals surface area contributed by atoms with E-state index >= 15 is 0 Å². The van der Waals surface area contributed by atoms with Crippen molar-refractivity contribution in [2.75, 3.05) is 5.32 Å². The molecule has 0 saturated heterocycles. The van der Waals surface area contributed by atoms with Gasteiger partial charge in [0.2, 0.25) is 0 Å². The molecule has 0 saturated carbocycles. The summed E-state index contributed by atoms with van der Waals surface area (Å²) in [5.74, 6) is -0.126. The normalized spacial score (nSPS) is 10.6. The first-order valence-corrected chi connectivity index (χ1v) is 8.94. The van der Waals surface area contributed by atoms with E-state index in [0.717, 1.165) is 11.1 Å². The summed E-state index contributed by atoms with van der Waals surface area (Å²) in [5, 5.41) is 7.79. The fourth-order valence-corrected chi connectivity index (χ4v) is 2.92. The predicted molar refractivity (Wildman–Crippen MR) is 108 cm³/mol. The first kappa shape index (κ1) is 17.7. The summed E-state index contributed by atoms with van der Waals surface area (Å²) >= 11 is 0. The lowest BCUT2D eigenvalue weighted by Crippen LogP contribution is -2.17. The minimum Gasteiger partial charge on any atom is -0.366 e. The second kappa shape index (κ2) is 7.88. The van der Waals surface area contributed by atoms with Gasteiger partial charge in [0, 0.05) is 23.7 Å². The minimum absolute atomic E-state index is 0.322. The summed E-state index contributed by atoms with van der Waals surface area (Å²) in [4.78, 5) is 13.0. The van der Waals surface area contributed by atoms with Crippen molar-refractivity contribution in [1.29, 1.82) is 0 Å². The van der Waals surface area contributed by atoms with Crippen molar-refractivity contribution in [3.05, 3.63) is 108 Å². The van der Waals surface area contributed by atoms with Crippen molar-refractivity contribution in [2.24, 2.45) is 0 Å². The molecule has 0 aliphatic heterocycles. The van der Waals surface area contributed by atoms with Crippen LogP contribution in [0.4, 0.5) is 10.2 Å². The number of hydrogen-bond donors (Lipinski definition) is 1. The van der Waals surface area contributed by atoms with Gasteiger partial charge in [0.25, 0.3) is 5.91 Å². The van der Waals surface area contributed by atoms with Crippen LogP contribution in [0.15, 0.2) is 91.0 Å². The zero-order valence-electron chi connectivity index (χ0n) is 15.0. The van der Waals surface area contributed by atoms with E-state index in [-0.39, 0.29) is 11.7 Å². The molecule has 0 radical (unpaired) electrons. The number of rotatable bonds is 5. The van der Waals surface area contributed by atoms with Gasteiger partial charge >= 0.3 is 0 Å². The number of nitrogens with one attached hydrogen (secondary N) is 1. The van der Waals surface area contributed by atoms with Gasteiger partial charge in [0.15, 0.2) is 0 Å². The Morgan fingerprint density at radius 1 is 0.893 bits per heavy atom. The maximum absolute atomic E-state index is 13.2. The fourth-order valence-electron chi connectivity index (χ4n) is 2.92. The van der Waals surface area contributed by atoms with E-state index in [2.05, 4.69) is 10.4 Å². The van der Waals surface area contributed by atoms with E-state index in [0.29, 0.717) is 23.6 Å². The molecule has 0 spiro atoms. The average Bonchev–Trinajstić information content (AvgIpc) is 3.18. The number of benzene rings is 3. The molecule has 4 rings (SSSR count). The number of carbonyl (C=O) groups excluding carboxylic acids is 1. The number of carbonyl (C=O) groups is 1. The Bertz CT molecular complexity index is 1070. The SMILES string of the molecule is O=C(c1ccc(F)cc1)n1nc(-c2ccccc2)cc1NCc1ccccc1. The number of nitrogens with zero attached hydrogens (tertiary/aromatic N) is 2. The predicted octanol–water partition coefficient (Wildman–Crippen LogP) is 4.99. The lowest BCUT2D eigenvalue weighted by Gasteiger charge is -2.09. The highest BCUT2D eigenvalue weighted by atomic mass is 19.1. The lowest BCUT2D eigenvalue weighted by atomic mass is 10.1. The van der Waals surface area contributed by atoms with Crippen LogP contribution < -0.4 is 5.32 Å². The second-order valence-corrected chi connectivity index (χ2v) is 6.34. The van der Waals surface area contributed by atoms with E-state index in [1.165, 1.54) is 28.9 Å². The molecule has 5 heteroatoms. The molecule has 4 nitrogen and oxygen atoms in total. The minimum atomic E-state index is -0.385. The molecular formula is C23H18FN3O. The van der Waals surface area contributed by atoms with Crippen LogP contribution in [0.3, 0.4) is 0 Å². The van der Waals surface area contributed by atoms with Crippen LogP contribution in [-0.4, -0.2) is 15.7 Å². The van der Waals surface area contributed by atoms with Gasteiger partial charge in [-0.2, -0.15) is 9.78 Å². The zero-order valence-corrected chi connectivity index (χ0v) is 15.0. The summed E-state index contributed by atoms with van der Waals surface area (Å²) < 4.78 is 14.6. The highest BCUT2D eigenvalue weighted by Gasteiger charge is 2.17. The quantitative estimate of drug-likeness (QED) is 0.538. The standard InChI is InChI=1S/C23H18FN3O/c24-20-13-11-19(12-14-20)23(28)27-22(25-16-17-7-3-1-4-8-17)15-21(26-27)18-9-5-2-6-10-18/h1-15,25H,16H2. The highest BCUT2D eigenvalue weighted by Crippen LogP contribution is 2.23. The molecule has 4 aromatic rings. The van der Waals surface area contributed by atoms with E-state index < -0.39 is 0 Å². The van der Waals surface area contributed by atoms with Gasteiger partial charge in [-0.05, 0) is 29.8 Å². The molecule has 0 bridgehead atoms. The van der Waals surface area contributed by atoms with E-state index in [9.17, 15) is 9.18 Å². The molecule has 0 aliphatic rings. The molecule has 0 aliphatic carbocycles. The second-order valence-electron chi connectivity index (χ2n) is 6.34. The van der Waals surface area contributed by atoms with Gasteiger partial charge in [-0.25, -0.2) is 4.39 Å². The number of aromatic nitrogens is 2. The topological polar surface area (TPSA) is 46.9 Å². The van der Waals surface area contributed by atoms with Gasteiger partial charge in [-0.1, -0.05) is 60.7 Å². The molecule has 0 amide bonds. The van der Waals surface area contributed by atoms with Crippen LogP contribution in [0.25, 0.3) is 11.3 Å². The smallest absolute Gasteiger partial charge is 0.280 e. The van der Waals surface area contributed by atoms with Gasteiger partial charge in [0.1, 0.15) is 11.6 Å². The van der Waals surface area contributed by atoms with Crippen molar-refractivity contribution in [1.82, 2.24) is 9.78 Å². The summed E-state index contributed by atoms with van der Waals surface area (Å²) in [7, 11) is 0. The van der Waals surface area contributed by atoms with Crippen molar-refractivity contribution in [3.63, 3.8) is 0 Å². The lowest BCUT2D eigenvalue weighted by molar-refractivity contribution is 0.0948. The summed E-state index contributed by atoms with van der Waals surface area (Å²) in [5.41, 5.74) is 3.06. The van der Waals surface area contributed by atoms with Crippen molar-refractivity contribution in [3.8, 4) is 11.3 Å². The molecule has 0 fully saturated rings. The zero-order chi connectivity index (χ0) is 19.3. The average molecular weight is 371 g/mol. The fraction of sp³-hybridized carbons (Fsp3) is 0.0435. The molecule has 1 N–H and O–H groups in total. The number of halogens is 1. The third-order valence-corrected chi connectivity index (χ3v) is 4.38. The Hall–Kier alpha value is -3.73. The van der Waals surface area contributed by atoms with Gasteiger partial charge in [-0.15, -0.1) is 0 Å². The van der Waals surface area contributed by atoms with Crippen LogP contribution >= 0.6 is 0 Å². The Morgan fingerprint density at radius 3 is 2.21 bits per heavy atom. The molecule has 1 heterocycles. The number of hydrogen-bond acceptors (Lipinski definition) is 3. The molecule has 28 heavy (non-hydrogen) atoms. The monoisotopic (exact) mass is 371 g/mol. The van der Waals surface area contributed by atoms with Crippen molar-refractivity contribution < 1.29 is 9.18 Å². The molecular weight excluding hydrogens is 353 g/mol. The maximum Gasteiger partial charge on any atom is 0.280 e. The molecule has 1 aromatic heterocycles.